The molecule has 0 amide bonds. The normalized spacial score (nSPS) is 20.0. The highest BCUT2D eigenvalue weighted by Gasteiger charge is 2.23. The molecule has 2 aliphatic rings. The van der Waals surface area contributed by atoms with E-state index in [1.165, 1.54) is 73.6 Å². The zero-order valence-corrected chi connectivity index (χ0v) is 12.5. The Kier molecular flexibility index (Phi) is 3.34. The number of aromatic nitrogens is 2. The van der Waals surface area contributed by atoms with Crippen molar-refractivity contribution in [3.05, 3.63) is 16.8 Å². The van der Waals surface area contributed by atoms with Gasteiger partial charge in [-0.3, -0.25) is 0 Å². The van der Waals surface area contributed by atoms with Gasteiger partial charge in [0.05, 0.1) is 5.39 Å². The highest BCUT2D eigenvalue weighted by Crippen LogP contribution is 2.39. The molecule has 2 aromatic heterocycles. The molecule has 0 spiro atoms. The smallest absolute Gasteiger partial charge is 0.225 e. The highest BCUT2D eigenvalue weighted by atomic mass is 32.1. The molecule has 0 bridgehead atoms. The molecule has 0 radical (unpaired) electrons. The van der Waals surface area contributed by atoms with Crippen LogP contribution in [0.2, 0.25) is 0 Å². The molecule has 4 rings (SSSR count). The van der Waals surface area contributed by atoms with E-state index >= 15 is 0 Å². The van der Waals surface area contributed by atoms with Gasteiger partial charge in [-0.1, -0.05) is 6.42 Å². The monoisotopic (exact) mass is 288 g/mol. The summed E-state index contributed by atoms with van der Waals surface area (Å²) in [6.45, 7) is 0. The van der Waals surface area contributed by atoms with Crippen molar-refractivity contribution >= 4 is 21.6 Å². The van der Waals surface area contributed by atoms with Crippen LogP contribution in [0.4, 0.5) is 0 Å². The summed E-state index contributed by atoms with van der Waals surface area (Å²) in [7, 11) is 0. The topological polar surface area (TPSA) is 35.0 Å². The molecule has 0 atom stereocenters. The maximum absolute atomic E-state index is 6.25. The molecule has 3 nitrogen and oxygen atoms in total. The first-order chi connectivity index (χ1) is 9.92. The van der Waals surface area contributed by atoms with Gasteiger partial charge in [-0.2, -0.15) is 0 Å². The predicted octanol–water partition coefficient (Wildman–Crippen LogP) is 4.28. The second-order valence-corrected chi connectivity index (χ2v) is 7.03. The van der Waals surface area contributed by atoms with Gasteiger partial charge in [0.1, 0.15) is 17.3 Å². The van der Waals surface area contributed by atoms with Crippen molar-refractivity contribution in [1.29, 1.82) is 0 Å². The Hall–Kier alpha value is -1.16. The molecular weight excluding hydrogens is 268 g/mol. The molecule has 2 aliphatic carbocycles. The van der Waals surface area contributed by atoms with E-state index < -0.39 is 0 Å². The lowest BCUT2D eigenvalue weighted by molar-refractivity contribution is 0.150. The van der Waals surface area contributed by atoms with Crippen molar-refractivity contribution in [2.45, 2.75) is 63.9 Å². The summed E-state index contributed by atoms with van der Waals surface area (Å²) >= 11 is 1.84. The molecule has 20 heavy (non-hydrogen) atoms. The van der Waals surface area contributed by atoms with Gasteiger partial charge in [0.2, 0.25) is 5.88 Å². The maximum atomic E-state index is 6.25. The van der Waals surface area contributed by atoms with Crippen LogP contribution >= 0.6 is 11.3 Å². The van der Waals surface area contributed by atoms with Crippen molar-refractivity contribution in [3.8, 4) is 5.88 Å². The molecule has 0 aromatic carbocycles. The van der Waals surface area contributed by atoms with Crippen molar-refractivity contribution in [2.24, 2.45) is 0 Å². The van der Waals surface area contributed by atoms with Crippen LogP contribution in [-0.4, -0.2) is 16.1 Å². The molecule has 0 N–H and O–H groups in total. The number of hydrogen-bond donors (Lipinski definition) is 0. The van der Waals surface area contributed by atoms with E-state index in [1.54, 1.807) is 6.33 Å². The minimum atomic E-state index is 0.362. The second kappa shape index (κ2) is 5.32. The Balaban J connectivity index is 1.72. The number of thiophene rings is 1. The van der Waals surface area contributed by atoms with E-state index in [-0.39, 0.29) is 0 Å². The number of rotatable bonds is 2. The molecule has 2 heterocycles. The number of hydrogen-bond acceptors (Lipinski definition) is 4. The van der Waals surface area contributed by atoms with Gasteiger partial charge < -0.3 is 4.74 Å². The van der Waals surface area contributed by atoms with Crippen LogP contribution in [0.5, 0.6) is 5.88 Å². The SMILES string of the molecule is c1nc(OC2CCCCC2)c2c3c(sc2n1)CCCC3. The lowest BCUT2D eigenvalue weighted by atomic mass is 9.96. The number of ether oxygens (including phenoxy) is 1. The third kappa shape index (κ3) is 2.20. The molecule has 1 saturated carbocycles. The first kappa shape index (κ1) is 12.6. The molecule has 0 unspecified atom stereocenters. The van der Waals surface area contributed by atoms with Crippen LogP contribution in [0.3, 0.4) is 0 Å². The van der Waals surface area contributed by atoms with E-state index in [0.717, 1.165) is 10.7 Å². The zero-order chi connectivity index (χ0) is 13.4. The summed E-state index contributed by atoms with van der Waals surface area (Å²) < 4.78 is 6.25. The number of nitrogens with zero attached hydrogens (tertiary/aromatic N) is 2. The second-order valence-electron chi connectivity index (χ2n) is 5.95. The summed E-state index contributed by atoms with van der Waals surface area (Å²) in [6.07, 6.45) is 13.3. The third-order valence-corrected chi connectivity index (χ3v) is 5.75. The van der Waals surface area contributed by atoms with Gasteiger partial charge in [0, 0.05) is 4.88 Å². The quantitative estimate of drug-likeness (QED) is 0.827. The van der Waals surface area contributed by atoms with Crippen molar-refractivity contribution in [2.75, 3.05) is 0 Å². The molecule has 0 saturated heterocycles. The first-order valence-electron chi connectivity index (χ1n) is 7.84. The van der Waals surface area contributed by atoms with E-state index in [0.29, 0.717) is 6.10 Å². The van der Waals surface area contributed by atoms with Gasteiger partial charge in [-0.05, 0) is 56.9 Å². The maximum Gasteiger partial charge on any atom is 0.225 e. The van der Waals surface area contributed by atoms with Crippen LogP contribution in [0.1, 0.15) is 55.4 Å². The highest BCUT2D eigenvalue weighted by molar-refractivity contribution is 7.18. The Morgan fingerprint density at radius 2 is 1.85 bits per heavy atom. The summed E-state index contributed by atoms with van der Waals surface area (Å²) in [5, 5.41) is 1.22. The van der Waals surface area contributed by atoms with Crippen LogP contribution in [-0.2, 0) is 12.8 Å². The number of fused-ring (bicyclic) bond motifs is 3. The van der Waals surface area contributed by atoms with E-state index in [4.69, 9.17) is 4.74 Å². The molecule has 2 aromatic rings. The Bertz CT molecular complexity index is 616. The zero-order valence-electron chi connectivity index (χ0n) is 11.7. The van der Waals surface area contributed by atoms with Crippen molar-refractivity contribution in [1.82, 2.24) is 9.97 Å². The fourth-order valence-electron chi connectivity index (χ4n) is 3.49. The van der Waals surface area contributed by atoms with E-state index in [2.05, 4.69) is 9.97 Å². The van der Waals surface area contributed by atoms with E-state index in [1.807, 2.05) is 11.3 Å². The summed E-state index contributed by atoms with van der Waals surface area (Å²) in [5.74, 6) is 0.848. The Morgan fingerprint density at radius 1 is 1.00 bits per heavy atom. The van der Waals surface area contributed by atoms with Crippen molar-refractivity contribution in [3.63, 3.8) is 0 Å². The molecular formula is C16H20N2OS. The summed E-state index contributed by atoms with van der Waals surface area (Å²) in [5.41, 5.74) is 1.47. The van der Waals surface area contributed by atoms with Gasteiger partial charge in [-0.25, -0.2) is 9.97 Å². The molecule has 106 valence electrons. The van der Waals surface area contributed by atoms with Crippen LogP contribution in [0.25, 0.3) is 10.2 Å². The lowest BCUT2D eigenvalue weighted by Gasteiger charge is -2.23. The van der Waals surface area contributed by atoms with Crippen LogP contribution < -0.4 is 4.74 Å². The van der Waals surface area contributed by atoms with Gasteiger partial charge >= 0.3 is 0 Å². The van der Waals surface area contributed by atoms with Crippen molar-refractivity contribution < 1.29 is 4.74 Å². The minimum absolute atomic E-state index is 0.362. The number of aryl methyl sites for hydroxylation is 2. The molecule has 0 aliphatic heterocycles. The van der Waals surface area contributed by atoms with Gasteiger partial charge in [0.25, 0.3) is 0 Å². The average molecular weight is 288 g/mol. The van der Waals surface area contributed by atoms with Crippen LogP contribution in [0, 0.1) is 0 Å². The standard InChI is InChI=1S/C16H20N2OS/c1-2-6-11(7-3-1)19-15-14-12-8-4-5-9-13(12)20-16(14)18-10-17-15/h10-11H,1-9H2. The largest absolute Gasteiger partial charge is 0.474 e. The average Bonchev–Trinajstić information content (AvgIpc) is 2.88. The Morgan fingerprint density at radius 3 is 2.75 bits per heavy atom. The van der Waals surface area contributed by atoms with Crippen LogP contribution in [0.15, 0.2) is 6.33 Å². The summed E-state index contributed by atoms with van der Waals surface area (Å²) in [4.78, 5) is 11.6. The Labute approximate surface area is 123 Å². The summed E-state index contributed by atoms with van der Waals surface area (Å²) in [6, 6.07) is 0. The lowest BCUT2D eigenvalue weighted by Crippen LogP contribution is -2.20. The van der Waals surface area contributed by atoms with Gasteiger partial charge in [0.15, 0.2) is 0 Å². The van der Waals surface area contributed by atoms with Gasteiger partial charge in [-0.15, -0.1) is 11.3 Å². The third-order valence-electron chi connectivity index (χ3n) is 4.55. The minimum Gasteiger partial charge on any atom is -0.474 e. The van der Waals surface area contributed by atoms with E-state index in [9.17, 15) is 0 Å². The predicted molar refractivity (Wildman–Crippen MR) is 81.6 cm³/mol. The molecule has 1 fully saturated rings. The molecule has 4 heteroatoms. The first-order valence-corrected chi connectivity index (χ1v) is 8.65. The fraction of sp³-hybridized carbons (Fsp3) is 0.625. The fourth-order valence-corrected chi connectivity index (χ4v) is 4.71.